The van der Waals surface area contributed by atoms with Gasteiger partial charge in [0.15, 0.2) is 0 Å². The van der Waals surface area contributed by atoms with Crippen molar-refractivity contribution in [2.45, 2.75) is 6.04 Å². The summed E-state index contributed by atoms with van der Waals surface area (Å²) >= 11 is 0. The van der Waals surface area contributed by atoms with Crippen LogP contribution in [-0.2, 0) is 0 Å². The number of furan rings is 1. The molecule has 1 aromatic carbocycles. The Bertz CT molecular complexity index is 677. The van der Waals surface area contributed by atoms with Crippen molar-refractivity contribution in [3.63, 3.8) is 0 Å². The first kappa shape index (κ1) is 11.8. The summed E-state index contributed by atoms with van der Waals surface area (Å²) in [6, 6.07) is 11.6. The number of halogens is 1. The summed E-state index contributed by atoms with van der Waals surface area (Å²) in [5, 5.41) is 0.939. The Kier molecular flexibility index (Phi) is 2.98. The highest BCUT2D eigenvalue weighted by atomic mass is 19.1. The zero-order valence-corrected chi connectivity index (χ0v) is 10.0. The zero-order chi connectivity index (χ0) is 13.2. The topological polar surface area (TPSA) is 64.1 Å². The molecule has 1 atom stereocenters. The minimum absolute atomic E-state index is 0.212. The van der Waals surface area contributed by atoms with Gasteiger partial charge in [0.2, 0.25) is 0 Å². The molecule has 0 aliphatic rings. The third-order valence-electron chi connectivity index (χ3n) is 2.96. The third kappa shape index (κ3) is 2.09. The Hall–Kier alpha value is -2.24. The van der Waals surface area contributed by atoms with E-state index in [1.807, 2.05) is 30.3 Å². The van der Waals surface area contributed by atoms with E-state index in [0.29, 0.717) is 5.76 Å². The maximum absolute atomic E-state index is 13.8. The Morgan fingerprint density at radius 2 is 2.05 bits per heavy atom. The first-order valence-electron chi connectivity index (χ1n) is 5.84. The summed E-state index contributed by atoms with van der Waals surface area (Å²) in [7, 11) is 0. The van der Waals surface area contributed by atoms with Gasteiger partial charge in [-0.2, -0.15) is 0 Å². The molecule has 0 spiro atoms. The van der Waals surface area contributed by atoms with Crippen molar-refractivity contribution in [1.82, 2.24) is 10.4 Å². The molecule has 3 aromatic rings. The van der Waals surface area contributed by atoms with Crippen molar-refractivity contribution in [2.75, 3.05) is 0 Å². The molecule has 0 saturated carbocycles. The number of pyridine rings is 1. The first-order valence-corrected chi connectivity index (χ1v) is 5.84. The van der Waals surface area contributed by atoms with E-state index in [0.717, 1.165) is 11.0 Å². The van der Waals surface area contributed by atoms with E-state index in [4.69, 9.17) is 10.3 Å². The zero-order valence-electron chi connectivity index (χ0n) is 10.0. The SMILES string of the molecule is NNC(c1cc2ccccc2o1)c1ncccc1F. The van der Waals surface area contributed by atoms with Crippen molar-refractivity contribution in [3.8, 4) is 0 Å². The Morgan fingerprint density at radius 1 is 1.21 bits per heavy atom. The molecule has 3 N–H and O–H groups in total. The number of rotatable bonds is 3. The molecule has 0 bridgehead atoms. The number of nitrogens with two attached hydrogens (primary N) is 1. The fourth-order valence-electron chi connectivity index (χ4n) is 2.05. The molecule has 96 valence electrons. The molecule has 1 unspecified atom stereocenters. The molecule has 0 radical (unpaired) electrons. The van der Waals surface area contributed by atoms with Crippen LogP contribution in [0.3, 0.4) is 0 Å². The molecule has 0 fully saturated rings. The summed E-state index contributed by atoms with van der Waals surface area (Å²) in [6.07, 6.45) is 1.52. The lowest BCUT2D eigenvalue weighted by Gasteiger charge is -2.12. The summed E-state index contributed by atoms with van der Waals surface area (Å²) in [5.41, 5.74) is 3.48. The summed E-state index contributed by atoms with van der Waals surface area (Å²) in [4.78, 5) is 4.02. The highest BCUT2D eigenvalue weighted by Gasteiger charge is 2.21. The second-order valence-electron chi connectivity index (χ2n) is 4.16. The van der Waals surface area contributed by atoms with Gasteiger partial charge in [-0.15, -0.1) is 0 Å². The van der Waals surface area contributed by atoms with Crippen LogP contribution in [0.5, 0.6) is 0 Å². The number of nitrogens with zero attached hydrogens (tertiary/aromatic N) is 1. The number of fused-ring (bicyclic) bond motifs is 1. The lowest BCUT2D eigenvalue weighted by Crippen LogP contribution is -2.29. The van der Waals surface area contributed by atoms with E-state index in [-0.39, 0.29) is 5.69 Å². The van der Waals surface area contributed by atoms with Gasteiger partial charge >= 0.3 is 0 Å². The van der Waals surface area contributed by atoms with Gasteiger partial charge in [0.05, 0.1) is 0 Å². The number of benzene rings is 1. The van der Waals surface area contributed by atoms with E-state index < -0.39 is 11.9 Å². The van der Waals surface area contributed by atoms with E-state index >= 15 is 0 Å². The molecular weight excluding hydrogens is 245 g/mol. The van der Waals surface area contributed by atoms with Crippen molar-refractivity contribution in [1.29, 1.82) is 0 Å². The third-order valence-corrected chi connectivity index (χ3v) is 2.96. The van der Waals surface area contributed by atoms with Crippen molar-refractivity contribution in [2.24, 2.45) is 5.84 Å². The first-order chi connectivity index (χ1) is 9.29. The largest absolute Gasteiger partial charge is 0.459 e. The smallest absolute Gasteiger partial charge is 0.146 e. The lowest BCUT2D eigenvalue weighted by atomic mass is 10.1. The molecule has 0 amide bonds. The molecule has 3 rings (SSSR count). The number of hydrogen-bond acceptors (Lipinski definition) is 4. The van der Waals surface area contributed by atoms with Crippen LogP contribution in [0.4, 0.5) is 4.39 Å². The highest BCUT2D eigenvalue weighted by molar-refractivity contribution is 5.77. The second-order valence-corrected chi connectivity index (χ2v) is 4.16. The average Bonchev–Trinajstić information content (AvgIpc) is 2.85. The van der Waals surface area contributed by atoms with Crippen LogP contribution in [0, 0.1) is 5.82 Å². The van der Waals surface area contributed by atoms with Crippen LogP contribution >= 0.6 is 0 Å². The summed E-state index contributed by atoms with van der Waals surface area (Å²) in [5.74, 6) is 5.61. The number of hydrazine groups is 1. The molecule has 0 aliphatic heterocycles. The van der Waals surface area contributed by atoms with Gasteiger partial charge in [0.1, 0.15) is 28.9 Å². The van der Waals surface area contributed by atoms with Gasteiger partial charge in [0.25, 0.3) is 0 Å². The molecule has 0 saturated heterocycles. The minimum Gasteiger partial charge on any atom is -0.459 e. The van der Waals surface area contributed by atoms with Crippen LogP contribution in [0.1, 0.15) is 17.5 Å². The van der Waals surface area contributed by atoms with E-state index in [1.54, 1.807) is 0 Å². The van der Waals surface area contributed by atoms with Crippen molar-refractivity contribution >= 4 is 11.0 Å². The van der Waals surface area contributed by atoms with Gasteiger partial charge in [-0.1, -0.05) is 18.2 Å². The summed E-state index contributed by atoms with van der Waals surface area (Å²) < 4.78 is 19.4. The molecule has 0 aliphatic carbocycles. The molecule has 2 aromatic heterocycles. The Labute approximate surface area is 109 Å². The maximum Gasteiger partial charge on any atom is 0.146 e. The van der Waals surface area contributed by atoms with Gasteiger partial charge < -0.3 is 4.42 Å². The normalized spacial score (nSPS) is 12.7. The van der Waals surface area contributed by atoms with Crippen molar-refractivity contribution in [3.05, 3.63) is 65.9 Å². The van der Waals surface area contributed by atoms with Gasteiger partial charge in [-0.05, 0) is 24.3 Å². The van der Waals surface area contributed by atoms with Gasteiger partial charge in [-0.3, -0.25) is 10.8 Å². The Morgan fingerprint density at radius 3 is 2.79 bits per heavy atom. The average molecular weight is 257 g/mol. The van der Waals surface area contributed by atoms with E-state index in [9.17, 15) is 4.39 Å². The van der Waals surface area contributed by atoms with Crippen LogP contribution in [0.15, 0.2) is 53.1 Å². The molecule has 5 heteroatoms. The van der Waals surface area contributed by atoms with Crippen LogP contribution in [-0.4, -0.2) is 4.98 Å². The fourth-order valence-corrected chi connectivity index (χ4v) is 2.05. The standard InChI is InChI=1S/C14H12FN3O/c15-10-5-3-7-17-13(10)14(18-16)12-8-9-4-1-2-6-11(9)19-12/h1-8,14,18H,16H2. The lowest BCUT2D eigenvalue weighted by molar-refractivity contribution is 0.454. The second kappa shape index (κ2) is 4.79. The molecule has 4 nitrogen and oxygen atoms in total. The van der Waals surface area contributed by atoms with Gasteiger partial charge in [-0.25, -0.2) is 9.82 Å². The number of nitrogens with one attached hydrogen (secondary N) is 1. The quantitative estimate of drug-likeness (QED) is 0.559. The predicted octanol–water partition coefficient (Wildman–Crippen LogP) is 2.52. The van der Waals surface area contributed by atoms with E-state index in [2.05, 4.69) is 10.4 Å². The monoisotopic (exact) mass is 257 g/mol. The number of para-hydroxylation sites is 1. The molecular formula is C14H12FN3O. The number of hydrogen-bond donors (Lipinski definition) is 2. The van der Waals surface area contributed by atoms with Crippen LogP contribution in [0.2, 0.25) is 0 Å². The molecule has 19 heavy (non-hydrogen) atoms. The van der Waals surface area contributed by atoms with E-state index in [1.165, 1.54) is 18.3 Å². The molecule has 2 heterocycles. The maximum atomic E-state index is 13.8. The Balaban J connectivity index is 2.09. The van der Waals surface area contributed by atoms with Gasteiger partial charge in [0, 0.05) is 11.6 Å². The number of aromatic nitrogens is 1. The minimum atomic E-state index is -0.617. The summed E-state index contributed by atoms with van der Waals surface area (Å²) in [6.45, 7) is 0. The van der Waals surface area contributed by atoms with Crippen LogP contribution < -0.4 is 11.3 Å². The van der Waals surface area contributed by atoms with Crippen molar-refractivity contribution < 1.29 is 8.81 Å². The highest BCUT2D eigenvalue weighted by Crippen LogP contribution is 2.27. The fraction of sp³-hybridized carbons (Fsp3) is 0.0714. The predicted molar refractivity (Wildman–Crippen MR) is 69.6 cm³/mol. The van der Waals surface area contributed by atoms with Crippen LogP contribution in [0.25, 0.3) is 11.0 Å².